The van der Waals surface area contributed by atoms with Crippen LogP contribution in [0.3, 0.4) is 0 Å². The number of amides is 1. The highest BCUT2D eigenvalue weighted by atomic mass is 35.5. The fraction of sp³-hybridized carbons (Fsp3) is 0.333. The smallest absolute Gasteiger partial charge is 0.217 e. The number of H-pyrrole nitrogens is 1. The maximum atomic E-state index is 11.1. The number of rotatable bonds is 7. The first-order valence-electron chi connectivity index (χ1n) is 8.64. The highest BCUT2D eigenvalue weighted by Gasteiger charge is 2.13. The van der Waals surface area contributed by atoms with Crippen molar-refractivity contribution < 1.29 is 4.79 Å². The largest absolute Gasteiger partial charge is 0.351 e. The van der Waals surface area contributed by atoms with Crippen LogP contribution in [-0.4, -0.2) is 26.1 Å². The third-order valence-corrected chi connectivity index (χ3v) is 5.46. The first-order valence-corrected chi connectivity index (χ1v) is 9.84. The third-order valence-electron chi connectivity index (χ3n) is 4.11. The molecule has 0 saturated carbocycles. The van der Waals surface area contributed by atoms with Crippen LogP contribution in [0.15, 0.2) is 24.4 Å². The molecule has 0 aliphatic rings. The molecule has 0 saturated heterocycles. The van der Waals surface area contributed by atoms with E-state index in [2.05, 4.69) is 44.6 Å². The Hall–Kier alpha value is -2.45. The first kappa shape index (κ1) is 19.3. The Labute approximate surface area is 166 Å². The zero-order chi connectivity index (χ0) is 19.4. The lowest BCUT2D eigenvalue weighted by Crippen LogP contribution is -2.17. The highest BCUT2D eigenvalue weighted by molar-refractivity contribution is 7.15. The quantitative estimate of drug-likeness (QED) is 0.539. The van der Waals surface area contributed by atoms with E-state index >= 15 is 0 Å². The fourth-order valence-corrected chi connectivity index (χ4v) is 3.40. The summed E-state index contributed by atoms with van der Waals surface area (Å²) in [5.74, 6) is 2.13. The number of aromatic nitrogens is 4. The van der Waals surface area contributed by atoms with Crippen LogP contribution < -0.4 is 10.6 Å². The molecule has 0 aliphatic heterocycles. The average molecular weight is 405 g/mol. The van der Waals surface area contributed by atoms with Crippen molar-refractivity contribution in [2.45, 2.75) is 39.7 Å². The molecule has 3 aromatic rings. The highest BCUT2D eigenvalue weighted by Crippen LogP contribution is 2.30. The van der Waals surface area contributed by atoms with Crippen LogP contribution in [0.1, 0.15) is 43.7 Å². The van der Waals surface area contributed by atoms with Gasteiger partial charge in [-0.25, -0.2) is 9.97 Å². The van der Waals surface area contributed by atoms with Gasteiger partial charge in [-0.2, -0.15) is 5.10 Å². The topological polar surface area (TPSA) is 95.6 Å². The van der Waals surface area contributed by atoms with Gasteiger partial charge in [0.1, 0.15) is 10.8 Å². The van der Waals surface area contributed by atoms with Crippen LogP contribution in [0, 0.1) is 0 Å². The van der Waals surface area contributed by atoms with Crippen molar-refractivity contribution in [1.82, 2.24) is 25.5 Å². The van der Waals surface area contributed by atoms with E-state index in [9.17, 15) is 4.79 Å². The molecule has 9 heteroatoms. The lowest BCUT2D eigenvalue weighted by Gasteiger charge is -2.06. The van der Waals surface area contributed by atoms with Gasteiger partial charge in [0.2, 0.25) is 5.91 Å². The number of carbonyl (C=O) groups excluding carboxylic acids is 1. The lowest BCUT2D eigenvalue weighted by molar-refractivity contribution is -0.119. The van der Waals surface area contributed by atoms with Crippen LogP contribution in [0.25, 0.3) is 10.7 Å². The maximum absolute atomic E-state index is 11.1. The van der Waals surface area contributed by atoms with Crippen molar-refractivity contribution in [3.8, 4) is 10.7 Å². The first-order chi connectivity index (χ1) is 13.0. The van der Waals surface area contributed by atoms with Gasteiger partial charge in [0.25, 0.3) is 0 Å². The summed E-state index contributed by atoms with van der Waals surface area (Å²) in [5.41, 5.74) is 0.992. The second-order valence-corrected chi connectivity index (χ2v) is 7.78. The molecular weight excluding hydrogens is 384 g/mol. The van der Waals surface area contributed by atoms with E-state index in [1.54, 1.807) is 6.20 Å². The van der Waals surface area contributed by atoms with E-state index in [-0.39, 0.29) is 5.91 Å². The molecule has 0 fully saturated rings. The molecule has 0 aliphatic carbocycles. The molecule has 0 bridgehead atoms. The van der Waals surface area contributed by atoms with E-state index in [4.69, 9.17) is 11.6 Å². The van der Waals surface area contributed by atoms with Gasteiger partial charge in [0.15, 0.2) is 11.6 Å². The van der Waals surface area contributed by atoms with Crippen LogP contribution in [0.5, 0.6) is 0 Å². The minimum absolute atomic E-state index is 0.0597. The molecular formula is C18H21ClN6OS. The van der Waals surface area contributed by atoms with Crippen molar-refractivity contribution >= 4 is 40.5 Å². The lowest BCUT2D eigenvalue weighted by atomic mass is 10.1. The van der Waals surface area contributed by atoms with Gasteiger partial charge in [0.05, 0.1) is 23.3 Å². The van der Waals surface area contributed by atoms with Gasteiger partial charge in [0, 0.05) is 23.8 Å². The van der Waals surface area contributed by atoms with E-state index in [0.29, 0.717) is 29.1 Å². The molecule has 7 nitrogen and oxygen atoms in total. The summed E-state index contributed by atoms with van der Waals surface area (Å²) in [6.07, 6.45) is 2.59. The molecule has 3 N–H and O–H groups in total. The molecule has 3 rings (SSSR count). The van der Waals surface area contributed by atoms with Gasteiger partial charge in [-0.15, -0.1) is 11.3 Å². The Bertz CT molecular complexity index is 938. The molecule has 0 spiro atoms. The standard InChI is InChI=1S/C18H21ClN6OS/c1-4-10(2)14-7-16(25-24-14)22-17-13(19)9-21-18(23-17)15-6-5-12(27-15)8-20-11(3)26/h5-7,9-10H,4,8H2,1-3H3,(H,20,26)(H2,21,22,23,24,25). The van der Waals surface area contributed by atoms with E-state index in [1.165, 1.54) is 18.3 Å². The predicted molar refractivity (Wildman–Crippen MR) is 108 cm³/mol. The third kappa shape index (κ3) is 4.84. The van der Waals surface area contributed by atoms with Crippen molar-refractivity contribution in [1.29, 1.82) is 0 Å². The number of halogens is 1. The Balaban J connectivity index is 1.78. The predicted octanol–water partition coefficient (Wildman–Crippen LogP) is 4.47. The molecule has 3 aromatic heterocycles. The molecule has 1 unspecified atom stereocenters. The number of carbonyl (C=O) groups is 1. The Morgan fingerprint density at radius 1 is 1.41 bits per heavy atom. The molecule has 0 aromatic carbocycles. The van der Waals surface area contributed by atoms with Gasteiger partial charge in [-0.05, 0) is 18.6 Å². The minimum atomic E-state index is -0.0597. The summed E-state index contributed by atoms with van der Waals surface area (Å²) < 4.78 is 0. The zero-order valence-corrected chi connectivity index (χ0v) is 16.9. The number of aromatic amines is 1. The molecule has 142 valence electrons. The molecule has 3 heterocycles. The van der Waals surface area contributed by atoms with Crippen molar-refractivity contribution in [3.63, 3.8) is 0 Å². The Kier molecular flexibility index (Phi) is 6.08. The number of hydrogen-bond acceptors (Lipinski definition) is 6. The van der Waals surface area contributed by atoms with Crippen molar-refractivity contribution in [3.05, 3.63) is 40.0 Å². The molecule has 1 amide bonds. The zero-order valence-electron chi connectivity index (χ0n) is 15.3. The van der Waals surface area contributed by atoms with E-state index < -0.39 is 0 Å². The second-order valence-electron chi connectivity index (χ2n) is 6.21. The van der Waals surface area contributed by atoms with Crippen LogP contribution >= 0.6 is 22.9 Å². The number of thiophene rings is 1. The minimum Gasteiger partial charge on any atom is -0.351 e. The second kappa shape index (κ2) is 8.49. The number of anilines is 2. The van der Waals surface area contributed by atoms with Crippen LogP contribution in [0.4, 0.5) is 11.6 Å². The summed E-state index contributed by atoms with van der Waals surface area (Å²) >= 11 is 7.78. The SMILES string of the molecule is CCC(C)c1cc(Nc2nc(-c3ccc(CNC(C)=O)s3)ncc2Cl)[nH]n1. The molecule has 1 atom stereocenters. The summed E-state index contributed by atoms with van der Waals surface area (Å²) in [6.45, 7) is 6.24. The Morgan fingerprint density at radius 3 is 2.96 bits per heavy atom. The number of nitrogens with zero attached hydrogens (tertiary/aromatic N) is 3. The van der Waals surface area contributed by atoms with Gasteiger partial charge in [-0.3, -0.25) is 9.89 Å². The van der Waals surface area contributed by atoms with Crippen molar-refractivity contribution in [2.24, 2.45) is 0 Å². The van der Waals surface area contributed by atoms with Crippen LogP contribution in [0.2, 0.25) is 5.02 Å². The Morgan fingerprint density at radius 2 is 2.22 bits per heavy atom. The summed E-state index contributed by atoms with van der Waals surface area (Å²) in [4.78, 5) is 21.8. The van der Waals surface area contributed by atoms with Gasteiger partial charge >= 0.3 is 0 Å². The van der Waals surface area contributed by atoms with Gasteiger partial charge in [-0.1, -0.05) is 25.4 Å². The molecule has 27 heavy (non-hydrogen) atoms. The monoisotopic (exact) mass is 404 g/mol. The normalized spacial score (nSPS) is 12.0. The van der Waals surface area contributed by atoms with Crippen molar-refractivity contribution in [2.75, 3.05) is 5.32 Å². The number of hydrogen-bond donors (Lipinski definition) is 3. The van der Waals surface area contributed by atoms with E-state index in [0.717, 1.165) is 27.7 Å². The maximum Gasteiger partial charge on any atom is 0.217 e. The summed E-state index contributed by atoms with van der Waals surface area (Å²) in [7, 11) is 0. The number of nitrogens with one attached hydrogen (secondary N) is 3. The van der Waals surface area contributed by atoms with E-state index in [1.807, 2.05) is 18.2 Å². The fourth-order valence-electron chi connectivity index (χ4n) is 2.37. The summed E-state index contributed by atoms with van der Waals surface area (Å²) in [5, 5.41) is 13.7. The summed E-state index contributed by atoms with van der Waals surface area (Å²) in [6, 6.07) is 5.85. The van der Waals surface area contributed by atoms with Gasteiger partial charge < -0.3 is 10.6 Å². The molecule has 0 radical (unpaired) electrons. The average Bonchev–Trinajstić information content (AvgIpc) is 3.31. The van der Waals surface area contributed by atoms with Crippen LogP contribution in [-0.2, 0) is 11.3 Å².